The molecule has 1 rings (SSSR count). The van der Waals surface area contributed by atoms with Crippen molar-refractivity contribution in [3.05, 3.63) is 35.9 Å². The van der Waals surface area contributed by atoms with Crippen LogP contribution < -0.4 is 16.4 Å². The third-order valence-electron chi connectivity index (χ3n) is 3.15. The minimum atomic E-state index is -0.125. The van der Waals surface area contributed by atoms with Gasteiger partial charge in [-0.1, -0.05) is 30.3 Å². The van der Waals surface area contributed by atoms with Gasteiger partial charge in [-0.05, 0) is 44.8 Å². The van der Waals surface area contributed by atoms with E-state index in [4.69, 9.17) is 5.73 Å². The number of carbonyl (C=O) groups is 1. The van der Waals surface area contributed by atoms with Gasteiger partial charge in [0.15, 0.2) is 0 Å². The normalized spacial score (nSPS) is 12.1. The maximum Gasteiger partial charge on any atom is 0.237 e. The number of amides is 1. The monoisotopic (exact) mass is 263 g/mol. The SMILES string of the molecule is CNC(CCCN)C(=O)NCCCc1ccccc1. The molecule has 106 valence electrons. The van der Waals surface area contributed by atoms with E-state index in [0.717, 1.165) is 25.7 Å². The number of hydrogen-bond acceptors (Lipinski definition) is 3. The van der Waals surface area contributed by atoms with E-state index < -0.39 is 0 Å². The van der Waals surface area contributed by atoms with Crippen molar-refractivity contribution in [2.75, 3.05) is 20.1 Å². The molecule has 0 fully saturated rings. The summed E-state index contributed by atoms with van der Waals surface area (Å²) >= 11 is 0. The quantitative estimate of drug-likeness (QED) is 0.584. The first kappa shape index (κ1) is 15.7. The molecule has 4 nitrogen and oxygen atoms in total. The van der Waals surface area contributed by atoms with Crippen molar-refractivity contribution in [2.24, 2.45) is 5.73 Å². The van der Waals surface area contributed by atoms with Crippen LogP contribution in [0, 0.1) is 0 Å². The number of nitrogens with two attached hydrogens (primary N) is 1. The van der Waals surface area contributed by atoms with Crippen molar-refractivity contribution in [3.8, 4) is 0 Å². The third kappa shape index (κ3) is 6.36. The van der Waals surface area contributed by atoms with Gasteiger partial charge in [-0.2, -0.15) is 0 Å². The van der Waals surface area contributed by atoms with Crippen LogP contribution in [0.1, 0.15) is 24.8 Å². The molecule has 1 aromatic carbocycles. The Bertz CT molecular complexity index is 354. The van der Waals surface area contributed by atoms with Gasteiger partial charge in [0.2, 0.25) is 5.91 Å². The highest BCUT2D eigenvalue weighted by atomic mass is 16.2. The molecule has 0 radical (unpaired) electrons. The first-order valence-electron chi connectivity index (χ1n) is 6.97. The molecule has 0 aromatic heterocycles. The summed E-state index contributed by atoms with van der Waals surface area (Å²) in [5.41, 5.74) is 6.77. The molecular formula is C15H25N3O. The Morgan fingerprint density at radius 2 is 2.00 bits per heavy atom. The van der Waals surface area contributed by atoms with E-state index in [-0.39, 0.29) is 11.9 Å². The summed E-state index contributed by atoms with van der Waals surface area (Å²) < 4.78 is 0. The molecular weight excluding hydrogens is 238 g/mol. The second-order valence-corrected chi connectivity index (χ2v) is 4.65. The van der Waals surface area contributed by atoms with Gasteiger partial charge in [-0.15, -0.1) is 0 Å². The lowest BCUT2D eigenvalue weighted by Gasteiger charge is -2.15. The van der Waals surface area contributed by atoms with Crippen LogP contribution in [0.5, 0.6) is 0 Å². The Kier molecular flexibility index (Phi) is 7.86. The number of likely N-dealkylation sites (N-methyl/N-ethyl adjacent to an activating group) is 1. The first-order valence-corrected chi connectivity index (χ1v) is 6.97. The van der Waals surface area contributed by atoms with Gasteiger partial charge < -0.3 is 16.4 Å². The summed E-state index contributed by atoms with van der Waals surface area (Å²) in [7, 11) is 1.81. The number of benzene rings is 1. The van der Waals surface area contributed by atoms with Crippen molar-refractivity contribution in [3.63, 3.8) is 0 Å². The topological polar surface area (TPSA) is 67.1 Å². The largest absolute Gasteiger partial charge is 0.355 e. The average Bonchev–Trinajstić information content (AvgIpc) is 2.45. The Labute approximate surface area is 115 Å². The number of rotatable bonds is 9. The lowest BCUT2D eigenvalue weighted by Crippen LogP contribution is -2.43. The molecule has 4 heteroatoms. The van der Waals surface area contributed by atoms with E-state index in [1.165, 1.54) is 5.56 Å². The highest BCUT2D eigenvalue weighted by Crippen LogP contribution is 2.02. The predicted molar refractivity (Wildman–Crippen MR) is 78.9 cm³/mol. The van der Waals surface area contributed by atoms with Crippen molar-refractivity contribution in [1.82, 2.24) is 10.6 Å². The number of carbonyl (C=O) groups excluding carboxylic acids is 1. The molecule has 1 amide bonds. The van der Waals surface area contributed by atoms with Gasteiger partial charge in [0, 0.05) is 6.54 Å². The molecule has 1 atom stereocenters. The zero-order valence-electron chi connectivity index (χ0n) is 11.7. The van der Waals surface area contributed by atoms with E-state index in [2.05, 4.69) is 22.8 Å². The lowest BCUT2D eigenvalue weighted by molar-refractivity contribution is -0.123. The fraction of sp³-hybridized carbons (Fsp3) is 0.533. The smallest absolute Gasteiger partial charge is 0.237 e. The molecule has 0 aliphatic carbocycles. The standard InChI is InChI=1S/C15H25N3O/c1-17-14(10-5-11-16)15(19)18-12-6-9-13-7-3-2-4-8-13/h2-4,7-8,14,17H,5-6,9-12,16H2,1H3,(H,18,19). The van der Waals surface area contributed by atoms with Crippen LogP contribution in [0.2, 0.25) is 0 Å². The van der Waals surface area contributed by atoms with E-state index in [1.54, 1.807) is 0 Å². The summed E-state index contributed by atoms with van der Waals surface area (Å²) in [6, 6.07) is 10.2. The summed E-state index contributed by atoms with van der Waals surface area (Å²) in [6.07, 6.45) is 3.61. The summed E-state index contributed by atoms with van der Waals surface area (Å²) in [4.78, 5) is 11.9. The molecule has 0 saturated heterocycles. The van der Waals surface area contributed by atoms with Gasteiger partial charge in [0.05, 0.1) is 6.04 Å². The number of aryl methyl sites for hydroxylation is 1. The zero-order valence-corrected chi connectivity index (χ0v) is 11.7. The van der Waals surface area contributed by atoms with Gasteiger partial charge in [0.1, 0.15) is 0 Å². The van der Waals surface area contributed by atoms with Crippen molar-refractivity contribution in [2.45, 2.75) is 31.7 Å². The molecule has 0 bridgehead atoms. The predicted octanol–water partition coefficient (Wildman–Crippen LogP) is 1.06. The minimum Gasteiger partial charge on any atom is -0.355 e. The maximum absolute atomic E-state index is 11.9. The molecule has 0 heterocycles. The third-order valence-corrected chi connectivity index (χ3v) is 3.15. The lowest BCUT2D eigenvalue weighted by atomic mass is 10.1. The average molecular weight is 263 g/mol. The Morgan fingerprint density at radius 3 is 2.63 bits per heavy atom. The van der Waals surface area contributed by atoms with Crippen LogP contribution >= 0.6 is 0 Å². The molecule has 0 aliphatic rings. The Balaban J connectivity index is 2.19. The zero-order chi connectivity index (χ0) is 13.9. The van der Waals surface area contributed by atoms with E-state index in [1.807, 2.05) is 25.2 Å². The summed E-state index contributed by atoms with van der Waals surface area (Å²) in [6.45, 7) is 1.34. The van der Waals surface area contributed by atoms with Gasteiger partial charge in [0.25, 0.3) is 0 Å². The minimum absolute atomic E-state index is 0.0732. The molecule has 1 unspecified atom stereocenters. The van der Waals surface area contributed by atoms with E-state index in [9.17, 15) is 4.79 Å². The second-order valence-electron chi connectivity index (χ2n) is 4.65. The van der Waals surface area contributed by atoms with Gasteiger partial charge >= 0.3 is 0 Å². The molecule has 19 heavy (non-hydrogen) atoms. The fourth-order valence-electron chi connectivity index (χ4n) is 2.00. The van der Waals surface area contributed by atoms with Crippen LogP contribution in [-0.2, 0) is 11.2 Å². The first-order chi connectivity index (χ1) is 9.27. The van der Waals surface area contributed by atoms with Gasteiger partial charge in [-0.3, -0.25) is 4.79 Å². The molecule has 0 saturated carbocycles. The highest BCUT2D eigenvalue weighted by Gasteiger charge is 2.14. The van der Waals surface area contributed by atoms with Gasteiger partial charge in [-0.25, -0.2) is 0 Å². The highest BCUT2D eigenvalue weighted by molar-refractivity contribution is 5.81. The van der Waals surface area contributed by atoms with Crippen LogP contribution in [-0.4, -0.2) is 32.1 Å². The van der Waals surface area contributed by atoms with Crippen LogP contribution in [0.25, 0.3) is 0 Å². The molecule has 4 N–H and O–H groups in total. The van der Waals surface area contributed by atoms with Crippen molar-refractivity contribution < 1.29 is 4.79 Å². The second kappa shape index (κ2) is 9.53. The van der Waals surface area contributed by atoms with Crippen LogP contribution in [0.15, 0.2) is 30.3 Å². The Morgan fingerprint density at radius 1 is 1.26 bits per heavy atom. The van der Waals surface area contributed by atoms with Crippen molar-refractivity contribution in [1.29, 1.82) is 0 Å². The van der Waals surface area contributed by atoms with Crippen LogP contribution in [0.3, 0.4) is 0 Å². The van der Waals surface area contributed by atoms with E-state index >= 15 is 0 Å². The number of nitrogens with one attached hydrogen (secondary N) is 2. The molecule has 0 spiro atoms. The summed E-state index contributed by atoms with van der Waals surface area (Å²) in [5, 5.41) is 6.00. The molecule has 0 aliphatic heterocycles. The number of hydrogen-bond donors (Lipinski definition) is 3. The summed E-state index contributed by atoms with van der Waals surface area (Å²) in [5.74, 6) is 0.0732. The van der Waals surface area contributed by atoms with E-state index in [0.29, 0.717) is 13.1 Å². The Hall–Kier alpha value is -1.39. The van der Waals surface area contributed by atoms with Crippen LogP contribution in [0.4, 0.5) is 0 Å². The maximum atomic E-state index is 11.9. The molecule has 1 aromatic rings. The fourth-order valence-corrected chi connectivity index (χ4v) is 2.00. The van der Waals surface area contributed by atoms with Crippen molar-refractivity contribution >= 4 is 5.91 Å².